The monoisotopic (exact) mass is 327 g/mol. The largest absolute Gasteiger partial charge is 0.464 e. The molecule has 122 valence electrons. The van der Waals surface area contributed by atoms with Gasteiger partial charge in [-0.05, 0) is 24.3 Å². The van der Waals surface area contributed by atoms with Crippen molar-refractivity contribution < 1.29 is 19.4 Å². The van der Waals surface area contributed by atoms with E-state index in [2.05, 4.69) is 10.3 Å². The van der Waals surface area contributed by atoms with Crippen molar-refractivity contribution in [3.8, 4) is 0 Å². The van der Waals surface area contributed by atoms with Gasteiger partial charge in [-0.1, -0.05) is 18.2 Å². The van der Waals surface area contributed by atoms with Gasteiger partial charge in [-0.15, -0.1) is 0 Å². The lowest BCUT2D eigenvalue weighted by atomic mass is 10.2. The highest BCUT2D eigenvalue weighted by atomic mass is 16.5. The molecular weight excluding hydrogens is 314 g/mol. The topological polar surface area (TPSA) is 111 Å². The first kappa shape index (κ1) is 15.6. The van der Waals surface area contributed by atoms with Gasteiger partial charge in [0.05, 0.1) is 0 Å². The van der Waals surface area contributed by atoms with Crippen molar-refractivity contribution in [2.45, 2.75) is 12.3 Å². The molecule has 0 radical (unpaired) electrons. The molecule has 2 N–H and O–H groups in total. The number of ether oxygens (including phenoxy) is 1. The molecule has 0 unspecified atom stereocenters. The maximum Gasteiger partial charge on any atom is 0.352 e. The van der Waals surface area contributed by atoms with E-state index in [1.54, 1.807) is 30.3 Å². The predicted molar refractivity (Wildman–Crippen MR) is 83.2 cm³/mol. The number of carbonyl (C=O) groups is 2. The van der Waals surface area contributed by atoms with E-state index in [9.17, 15) is 19.5 Å². The molecule has 0 saturated heterocycles. The van der Waals surface area contributed by atoms with Gasteiger partial charge in [0.1, 0.15) is 11.9 Å². The van der Waals surface area contributed by atoms with Crippen molar-refractivity contribution in [3.05, 3.63) is 70.5 Å². The van der Waals surface area contributed by atoms with Crippen molar-refractivity contribution in [1.82, 2.24) is 9.55 Å². The molecule has 8 nitrogen and oxygen atoms in total. The van der Waals surface area contributed by atoms with Crippen LogP contribution in [-0.2, 0) is 9.53 Å². The van der Waals surface area contributed by atoms with Gasteiger partial charge >= 0.3 is 5.69 Å². The molecule has 0 aliphatic carbocycles. The van der Waals surface area contributed by atoms with Crippen LogP contribution in [0.2, 0.25) is 0 Å². The van der Waals surface area contributed by atoms with E-state index in [0.717, 1.165) is 4.57 Å². The minimum Gasteiger partial charge on any atom is -0.464 e. The Kier molecular flexibility index (Phi) is 4.21. The Morgan fingerprint density at radius 3 is 2.67 bits per heavy atom. The van der Waals surface area contributed by atoms with Crippen LogP contribution >= 0.6 is 0 Å². The zero-order valence-corrected chi connectivity index (χ0v) is 12.3. The van der Waals surface area contributed by atoms with Crippen LogP contribution in [-0.4, -0.2) is 33.0 Å². The van der Waals surface area contributed by atoms with Crippen molar-refractivity contribution in [3.63, 3.8) is 0 Å². The molecule has 3 rings (SSSR count). The van der Waals surface area contributed by atoms with Crippen molar-refractivity contribution in [2.24, 2.45) is 0 Å². The normalized spacial score (nSPS) is 19.3. The SMILES string of the molecule is O=CC1=C[C@@H](O)[C@H](n2ccc(NC(=O)c3ccccc3)nc2=O)O1. The molecule has 1 aliphatic heterocycles. The van der Waals surface area contributed by atoms with Gasteiger partial charge in [-0.2, -0.15) is 4.98 Å². The van der Waals surface area contributed by atoms with Gasteiger partial charge < -0.3 is 15.2 Å². The quantitative estimate of drug-likeness (QED) is 0.790. The predicted octanol–water partition coefficient (Wildman–Crippen LogP) is 0.468. The molecule has 0 fully saturated rings. The molecular formula is C16H13N3O5. The minimum atomic E-state index is -1.14. The Balaban J connectivity index is 1.77. The van der Waals surface area contributed by atoms with Gasteiger partial charge in [0.15, 0.2) is 12.0 Å². The van der Waals surface area contributed by atoms with Crippen LogP contribution in [0.15, 0.2) is 59.2 Å². The highest BCUT2D eigenvalue weighted by Gasteiger charge is 2.29. The maximum absolute atomic E-state index is 12.1. The number of aliphatic hydroxyl groups is 1. The highest BCUT2D eigenvalue weighted by Crippen LogP contribution is 2.24. The summed E-state index contributed by atoms with van der Waals surface area (Å²) < 4.78 is 6.20. The maximum atomic E-state index is 12.1. The Labute approximate surface area is 136 Å². The molecule has 24 heavy (non-hydrogen) atoms. The summed E-state index contributed by atoms with van der Waals surface area (Å²) in [6.07, 6.45) is 0.759. The molecule has 0 saturated carbocycles. The van der Waals surface area contributed by atoms with Crippen molar-refractivity contribution in [2.75, 3.05) is 5.32 Å². The molecule has 0 bridgehead atoms. The Morgan fingerprint density at radius 2 is 2.04 bits per heavy atom. The smallest absolute Gasteiger partial charge is 0.352 e. The second-order valence-corrected chi connectivity index (χ2v) is 5.01. The van der Waals surface area contributed by atoms with Gasteiger partial charge in [0.25, 0.3) is 5.91 Å². The second kappa shape index (κ2) is 6.47. The summed E-state index contributed by atoms with van der Waals surface area (Å²) >= 11 is 0. The fourth-order valence-electron chi connectivity index (χ4n) is 2.24. The lowest BCUT2D eigenvalue weighted by molar-refractivity contribution is -0.109. The fourth-order valence-corrected chi connectivity index (χ4v) is 2.24. The number of carbonyl (C=O) groups excluding carboxylic acids is 2. The van der Waals surface area contributed by atoms with Crippen molar-refractivity contribution >= 4 is 18.0 Å². The average Bonchev–Trinajstić information content (AvgIpc) is 2.96. The molecule has 2 heterocycles. The summed E-state index contributed by atoms with van der Waals surface area (Å²) in [5, 5.41) is 12.3. The van der Waals surface area contributed by atoms with E-state index in [1.807, 2.05) is 0 Å². The van der Waals surface area contributed by atoms with Crippen LogP contribution in [0.3, 0.4) is 0 Å². The number of allylic oxidation sites excluding steroid dienone is 1. The van der Waals surface area contributed by atoms with E-state index >= 15 is 0 Å². The summed E-state index contributed by atoms with van der Waals surface area (Å²) in [7, 11) is 0. The van der Waals surface area contributed by atoms with E-state index < -0.39 is 23.9 Å². The van der Waals surface area contributed by atoms with Crippen LogP contribution in [0.1, 0.15) is 16.6 Å². The van der Waals surface area contributed by atoms with E-state index in [1.165, 1.54) is 18.3 Å². The van der Waals surface area contributed by atoms with Gasteiger partial charge in [-0.3, -0.25) is 14.2 Å². The molecule has 2 aromatic rings. The van der Waals surface area contributed by atoms with Gasteiger partial charge in [-0.25, -0.2) is 4.79 Å². The third-order valence-electron chi connectivity index (χ3n) is 3.38. The number of benzene rings is 1. The summed E-state index contributed by atoms with van der Waals surface area (Å²) in [6.45, 7) is 0. The molecule has 1 aromatic heterocycles. The van der Waals surface area contributed by atoms with Crippen molar-refractivity contribution in [1.29, 1.82) is 0 Å². The zero-order chi connectivity index (χ0) is 17.1. The lowest BCUT2D eigenvalue weighted by Gasteiger charge is -2.17. The van der Waals surface area contributed by atoms with E-state index in [4.69, 9.17) is 4.74 Å². The Morgan fingerprint density at radius 1 is 1.29 bits per heavy atom. The number of aliphatic hydroxyl groups excluding tert-OH is 1. The molecule has 8 heteroatoms. The molecule has 1 amide bonds. The number of nitrogens with zero attached hydrogens (tertiary/aromatic N) is 2. The lowest BCUT2D eigenvalue weighted by Crippen LogP contribution is -2.32. The third kappa shape index (κ3) is 3.08. The van der Waals surface area contributed by atoms with Crippen LogP contribution in [0, 0.1) is 0 Å². The molecule has 1 aliphatic rings. The van der Waals surface area contributed by atoms with Crippen LogP contribution in [0.25, 0.3) is 0 Å². The number of hydrogen-bond donors (Lipinski definition) is 2. The molecule has 1 aromatic carbocycles. The average molecular weight is 327 g/mol. The van der Waals surface area contributed by atoms with Crippen LogP contribution in [0.5, 0.6) is 0 Å². The van der Waals surface area contributed by atoms with Crippen LogP contribution < -0.4 is 11.0 Å². The number of rotatable bonds is 4. The van der Waals surface area contributed by atoms with E-state index in [0.29, 0.717) is 11.8 Å². The Hall–Kier alpha value is -3.26. The van der Waals surface area contributed by atoms with Gasteiger partial charge in [0, 0.05) is 11.8 Å². The van der Waals surface area contributed by atoms with Crippen LogP contribution in [0.4, 0.5) is 5.82 Å². The summed E-state index contributed by atoms with van der Waals surface area (Å²) in [5.74, 6) is -0.385. The highest BCUT2D eigenvalue weighted by molar-refractivity contribution is 6.03. The Bertz CT molecular complexity index is 860. The first-order chi connectivity index (χ1) is 11.6. The molecule has 0 spiro atoms. The fraction of sp³-hybridized carbons (Fsp3) is 0.125. The number of anilines is 1. The van der Waals surface area contributed by atoms with Gasteiger partial charge in [0.2, 0.25) is 6.23 Å². The number of hydrogen-bond acceptors (Lipinski definition) is 6. The first-order valence-electron chi connectivity index (χ1n) is 7.06. The third-order valence-corrected chi connectivity index (χ3v) is 3.38. The van der Waals surface area contributed by atoms with E-state index in [-0.39, 0.29) is 11.6 Å². The number of amides is 1. The summed E-state index contributed by atoms with van der Waals surface area (Å²) in [6, 6.07) is 9.88. The summed E-state index contributed by atoms with van der Waals surface area (Å²) in [4.78, 5) is 38.5. The number of aromatic nitrogens is 2. The summed E-state index contributed by atoms with van der Waals surface area (Å²) in [5.41, 5.74) is -0.302. The number of aldehydes is 1. The standard InChI is InChI=1S/C16H13N3O5/c20-9-11-8-12(21)15(24-11)19-7-6-13(18-16(19)23)17-14(22)10-4-2-1-3-5-10/h1-9,12,15,21H,(H,17,18,22,23)/t12-,15-/m1/s1. The molecule has 2 atom stereocenters. The second-order valence-electron chi connectivity index (χ2n) is 5.01. The number of nitrogens with one attached hydrogen (secondary N) is 1. The zero-order valence-electron chi connectivity index (χ0n) is 12.3. The minimum absolute atomic E-state index is 0.0548. The first-order valence-corrected chi connectivity index (χ1v) is 7.06.